The van der Waals surface area contributed by atoms with E-state index in [0.717, 1.165) is 19.4 Å². The zero-order valence-corrected chi connectivity index (χ0v) is 14.3. The second-order valence-corrected chi connectivity index (χ2v) is 7.32. The van der Waals surface area contributed by atoms with E-state index in [1.165, 1.54) is 0 Å². The average Bonchev–Trinajstić information content (AvgIpc) is 2.51. The fourth-order valence-electron chi connectivity index (χ4n) is 3.12. The molecule has 0 aromatic carbocycles. The van der Waals surface area contributed by atoms with Gasteiger partial charge in [-0.1, -0.05) is 27.7 Å². The molecule has 0 aliphatic carbocycles. The zero-order valence-electron chi connectivity index (χ0n) is 14.3. The maximum absolute atomic E-state index is 12.5. The summed E-state index contributed by atoms with van der Waals surface area (Å²) in [5.74, 6) is 1.46. The maximum Gasteiger partial charge on any atom is 0.241 e. The monoisotopic (exact) mass is 283 g/mol. The van der Waals surface area contributed by atoms with Crippen molar-refractivity contribution in [3.63, 3.8) is 0 Å². The van der Waals surface area contributed by atoms with Crippen LogP contribution in [0.1, 0.15) is 47.5 Å². The summed E-state index contributed by atoms with van der Waals surface area (Å²) in [6, 6.07) is 0.259. The van der Waals surface area contributed by atoms with E-state index in [0.29, 0.717) is 17.9 Å². The number of carbonyl (C=O) groups excluding carboxylic acids is 1. The number of nitrogens with zero attached hydrogens (tertiary/aromatic N) is 2. The van der Waals surface area contributed by atoms with Crippen molar-refractivity contribution in [3.8, 4) is 0 Å². The third-order valence-electron chi connectivity index (χ3n) is 3.81. The van der Waals surface area contributed by atoms with E-state index < -0.39 is 0 Å². The van der Waals surface area contributed by atoms with E-state index in [1.807, 2.05) is 6.92 Å². The summed E-state index contributed by atoms with van der Waals surface area (Å²) in [5.41, 5.74) is 0. The SMILES string of the molecule is CC(C)CC(CN(C)C)N1C(=O)C(C)NC1CC(C)C. The molecule has 1 N–H and O–H groups in total. The minimum absolute atomic E-state index is 0.0458. The smallest absolute Gasteiger partial charge is 0.241 e. The molecule has 0 saturated carbocycles. The summed E-state index contributed by atoms with van der Waals surface area (Å²) in [5, 5.41) is 3.47. The van der Waals surface area contributed by atoms with Gasteiger partial charge in [0.15, 0.2) is 0 Å². The maximum atomic E-state index is 12.5. The molecule has 118 valence electrons. The molecule has 1 aliphatic heterocycles. The quantitative estimate of drug-likeness (QED) is 0.778. The Bertz CT molecular complexity index is 305. The highest BCUT2D eigenvalue weighted by atomic mass is 16.2. The summed E-state index contributed by atoms with van der Waals surface area (Å²) in [7, 11) is 4.17. The Morgan fingerprint density at radius 1 is 1.20 bits per heavy atom. The summed E-state index contributed by atoms with van der Waals surface area (Å²) in [4.78, 5) is 16.9. The number of rotatable bonds is 7. The van der Waals surface area contributed by atoms with Crippen LogP contribution in [0.4, 0.5) is 0 Å². The lowest BCUT2D eigenvalue weighted by Gasteiger charge is -2.36. The van der Waals surface area contributed by atoms with Crippen molar-refractivity contribution in [1.82, 2.24) is 15.1 Å². The molecule has 20 heavy (non-hydrogen) atoms. The van der Waals surface area contributed by atoms with Crippen LogP contribution in [0.5, 0.6) is 0 Å². The van der Waals surface area contributed by atoms with Gasteiger partial charge in [-0.2, -0.15) is 0 Å². The number of hydrogen-bond acceptors (Lipinski definition) is 3. The molecule has 0 aromatic rings. The van der Waals surface area contributed by atoms with Gasteiger partial charge in [0.1, 0.15) is 0 Å². The normalized spacial score (nSPS) is 25.3. The summed E-state index contributed by atoms with van der Waals surface area (Å²) in [6.07, 6.45) is 2.28. The first kappa shape index (κ1) is 17.4. The van der Waals surface area contributed by atoms with E-state index in [4.69, 9.17) is 0 Å². The zero-order chi connectivity index (χ0) is 15.4. The van der Waals surface area contributed by atoms with Crippen LogP contribution < -0.4 is 5.32 Å². The molecule has 1 rings (SSSR count). The second-order valence-electron chi connectivity index (χ2n) is 7.32. The van der Waals surface area contributed by atoms with Crippen LogP contribution in [-0.4, -0.2) is 54.6 Å². The van der Waals surface area contributed by atoms with Crippen molar-refractivity contribution in [2.24, 2.45) is 11.8 Å². The van der Waals surface area contributed by atoms with Gasteiger partial charge in [-0.05, 0) is 45.7 Å². The number of amides is 1. The molecule has 1 fully saturated rings. The number of carbonyl (C=O) groups is 1. The molecule has 4 nitrogen and oxygen atoms in total. The van der Waals surface area contributed by atoms with Crippen LogP contribution >= 0.6 is 0 Å². The van der Waals surface area contributed by atoms with Gasteiger partial charge in [0.2, 0.25) is 5.91 Å². The van der Waals surface area contributed by atoms with Gasteiger partial charge in [-0.3, -0.25) is 10.1 Å². The molecule has 0 radical (unpaired) electrons. The molecule has 0 aromatic heterocycles. The first-order valence-electron chi connectivity index (χ1n) is 7.95. The van der Waals surface area contributed by atoms with Gasteiger partial charge in [0.25, 0.3) is 0 Å². The summed E-state index contributed by atoms with van der Waals surface area (Å²) >= 11 is 0. The predicted octanol–water partition coefficient (Wildman–Crippen LogP) is 2.16. The van der Waals surface area contributed by atoms with Crippen molar-refractivity contribution in [2.45, 2.75) is 65.7 Å². The Hall–Kier alpha value is -0.610. The van der Waals surface area contributed by atoms with E-state index in [-0.39, 0.29) is 18.1 Å². The van der Waals surface area contributed by atoms with Gasteiger partial charge >= 0.3 is 0 Å². The lowest BCUT2D eigenvalue weighted by Crippen LogP contribution is -2.49. The number of hydrogen-bond donors (Lipinski definition) is 1. The fraction of sp³-hybridized carbons (Fsp3) is 0.938. The molecule has 1 aliphatic rings. The van der Waals surface area contributed by atoms with Gasteiger partial charge in [0.05, 0.1) is 12.2 Å². The molecule has 3 atom stereocenters. The fourth-order valence-corrected chi connectivity index (χ4v) is 3.12. The van der Waals surface area contributed by atoms with Crippen LogP contribution in [0.2, 0.25) is 0 Å². The van der Waals surface area contributed by atoms with E-state index in [9.17, 15) is 4.79 Å². The first-order chi connectivity index (χ1) is 9.22. The lowest BCUT2D eigenvalue weighted by molar-refractivity contribution is -0.132. The van der Waals surface area contributed by atoms with Gasteiger partial charge in [0, 0.05) is 12.6 Å². The molecule has 1 amide bonds. The molecule has 0 bridgehead atoms. The van der Waals surface area contributed by atoms with Crippen molar-refractivity contribution in [2.75, 3.05) is 20.6 Å². The second kappa shape index (κ2) is 7.41. The first-order valence-corrected chi connectivity index (χ1v) is 7.95. The minimum atomic E-state index is -0.0458. The standard InChI is InChI=1S/C16H33N3O/c1-11(2)8-14(10-18(6)7)19-15(9-12(3)4)17-13(5)16(19)20/h11-15,17H,8-10H2,1-7H3. The highest BCUT2D eigenvalue weighted by Gasteiger charge is 2.40. The van der Waals surface area contributed by atoms with Crippen molar-refractivity contribution >= 4 is 5.91 Å². The number of likely N-dealkylation sites (N-methyl/N-ethyl adjacent to an activating group) is 1. The van der Waals surface area contributed by atoms with Crippen LogP contribution in [0.15, 0.2) is 0 Å². The van der Waals surface area contributed by atoms with E-state index in [2.05, 4.69) is 56.9 Å². The summed E-state index contributed by atoms with van der Waals surface area (Å²) in [6.45, 7) is 11.8. The van der Waals surface area contributed by atoms with Gasteiger partial charge < -0.3 is 9.80 Å². The molecule has 4 heteroatoms. The molecule has 1 saturated heterocycles. The molecule has 3 unspecified atom stereocenters. The van der Waals surface area contributed by atoms with Crippen LogP contribution in [0.25, 0.3) is 0 Å². The van der Waals surface area contributed by atoms with E-state index >= 15 is 0 Å². The Labute approximate surface area is 124 Å². The van der Waals surface area contributed by atoms with Crippen LogP contribution in [0.3, 0.4) is 0 Å². The van der Waals surface area contributed by atoms with Gasteiger partial charge in [-0.25, -0.2) is 0 Å². The van der Waals surface area contributed by atoms with Crippen LogP contribution in [0, 0.1) is 11.8 Å². The molecule has 1 heterocycles. The molecular weight excluding hydrogens is 250 g/mol. The number of nitrogens with one attached hydrogen (secondary N) is 1. The Balaban J connectivity index is 2.89. The third kappa shape index (κ3) is 4.74. The lowest BCUT2D eigenvalue weighted by atomic mass is 10.00. The van der Waals surface area contributed by atoms with E-state index in [1.54, 1.807) is 0 Å². The van der Waals surface area contributed by atoms with Gasteiger partial charge in [-0.15, -0.1) is 0 Å². The predicted molar refractivity (Wildman–Crippen MR) is 84.5 cm³/mol. The molecule has 0 spiro atoms. The van der Waals surface area contributed by atoms with Crippen LogP contribution in [-0.2, 0) is 4.79 Å². The van der Waals surface area contributed by atoms with Crippen molar-refractivity contribution in [3.05, 3.63) is 0 Å². The van der Waals surface area contributed by atoms with Crippen molar-refractivity contribution in [1.29, 1.82) is 0 Å². The Kier molecular flexibility index (Phi) is 6.46. The summed E-state index contributed by atoms with van der Waals surface area (Å²) < 4.78 is 0. The molecular formula is C16H33N3O. The highest BCUT2D eigenvalue weighted by Crippen LogP contribution is 2.24. The highest BCUT2D eigenvalue weighted by molar-refractivity contribution is 5.84. The largest absolute Gasteiger partial charge is 0.322 e. The minimum Gasteiger partial charge on any atom is -0.322 e. The third-order valence-corrected chi connectivity index (χ3v) is 3.81. The Morgan fingerprint density at radius 2 is 1.80 bits per heavy atom. The van der Waals surface area contributed by atoms with Crippen molar-refractivity contribution < 1.29 is 4.79 Å². The topological polar surface area (TPSA) is 35.6 Å². The Morgan fingerprint density at radius 3 is 2.25 bits per heavy atom. The average molecular weight is 283 g/mol.